The van der Waals surface area contributed by atoms with E-state index >= 15 is 0 Å². The Labute approximate surface area is 163 Å². The number of hydrogen-bond donors (Lipinski definition) is 0. The molecule has 0 aliphatic rings. The molecule has 0 N–H and O–H groups in total. The van der Waals surface area contributed by atoms with Crippen LogP contribution in [0.15, 0.2) is 9.59 Å². The predicted molar refractivity (Wildman–Crippen MR) is 107 cm³/mol. The second kappa shape index (κ2) is 9.05. The number of aryl methyl sites for hydroxylation is 2. The summed E-state index contributed by atoms with van der Waals surface area (Å²) in [5.41, 5.74) is -0.949. The van der Waals surface area contributed by atoms with Gasteiger partial charge in [-0.3, -0.25) is 13.9 Å². The molecule has 0 aromatic carbocycles. The van der Waals surface area contributed by atoms with Crippen molar-refractivity contribution in [3.8, 4) is 0 Å². The molecule has 0 amide bonds. The van der Waals surface area contributed by atoms with Crippen molar-refractivity contribution in [2.75, 3.05) is 11.6 Å². The number of imidazole rings is 1. The van der Waals surface area contributed by atoms with Crippen LogP contribution in [0.4, 0.5) is 0 Å². The standard InChI is InChI=1S/C17H27ClN4O4S/c1-4-6-10-20-15-14(16(23)21(17(20)24)11-7-5-2)22(13(3)19-15)27(25,26)12-8-9-18/h4-12H2,1-3H3. The minimum atomic E-state index is -3.81. The highest BCUT2D eigenvalue weighted by molar-refractivity contribution is 7.90. The van der Waals surface area contributed by atoms with Gasteiger partial charge in [0.15, 0.2) is 11.2 Å². The molecule has 0 fully saturated rings. The lowest BCUT2D eigenvalue weighted by Crippen LogP contribution is -2.41. The lowest BCUT2D eigenvalue weighted by atomic mass is 10.3. The molecule has 0 unspecified atom stereocenters. The molecule has 8 nitrogen and oxygen atoms in total. The van der Waals surface area contributed by atoms with Gasteiger partial charge in [-0.05, 0) is 26.2 Å². The summed E-state index contributed by atoms with van der Waals surface area (Å²) >= 11 is 5.64. The van der Waals surface area contributed by atoms with Crippen molar-refractivity contribution in [2.24, 2.45) is 0 Å². The number of unbranched alkanes of at least 4 members (excludes halogenated alkanes) is 2. The number of halogens is 1. The topological polar surface area (TPSA) is 96.0 Å². The molecule has 0 bridgehead atoms. The molecule has 0 saturated heterocycles. The maximum Gasteiger partial charge on any atom is 0.332 e. The van der Waals surface area contributed by atoms with Gasteiger partial charge in [-0.25, -0.2) is 22.2 Å². The largest absolute Gasteiger partial charge is 0.332 e. The minimum absolute atomic E-state index is 0.0473. The Hall–Kier alpha value is -1.61. The first-order valence-corrected chi connectivity index (χ1v) is 11.5. The molecule has 152 valence electrons. The average molecular weight is 419 g/mol. The van der Waals surface area contributed by atoms with Crippen molar-refractivity contribution in [3.05, 3.63) is 26.7 Å². The Morgan fingerprint density at radius 3 is 2.15 bits per heavy atom. The van der Waals surface area contributed by atoms with Gasteiger partial charge >= 0.3 is 5.69 Å². The monoisotopic (exact) mass is 418 g/mol. The zero-order valence-electron chi connectivity index (χ0n) is 16.1. The first kappa shape index (κ1) is 21.7. The number of nitrogens with zero attached hydrogens (tertiary/aromatic N) is 4. The van der Waals surface area contributed by atoms with Crippen LogP contribution in [0.2, 0.25) is 0 Å². The summed E-state index contributed by atoms with van der Waals surface area (Å²) in [5.74, 6) is 0.188. The van der Waals surface area contributed by atoms with E-state index in [1.54, 1.807) is 0 Å². The van der Waals surface area contributed by atoms with Crippen molar-refractivity contribution >= 4 is 32.8 Å². The first-order chi connectivity index (χ1) is 12.8. The molecule has 2 aromatic heterocycles. The molecule has 0 saturated carbocycles. The van der Waals surface area contributed by atoms with Crippen molar-refractivity contribution in [1.29, 1.82) is 0 Å². The number of aromatic nitrogens is 4. The van der Waals surface area contributed by atoms with Gasteiger partial charge in [0.05, 0.1) is 5.75 Å². The number of alkyl halides is 1. The van der Waals surface area contributed by atoms with E-state index in [4.69, 9.17) is 11.6 Å². The van der Waals surface area contributed by atoms with Gasteiger partial charge in [0, 0.05) is 19.0 Å². The fourth-order valence-corrected chi connectivity index (χ4v) is 4.89. The van der Waals surface area contributed by atoms with E-state index in [2.05, 4.69) is 4.98 Å². The molecule has 0 aliphatic carbocycles. The minimum Gasteiger partial charge on any atom is -0.276 e. The fraction of sp³-hybridized carbons (Fsp3) is 0.706. The van der Waals surface area contributed by atoms with Crippen LogP contribution in [0.25, 0.3) is 11.2 Å². The summed E-state index contributed by atoms with van der Waals surface area (Å²) in [7, 11) is -3.81. The zero-order valence-corrected chi connectivity index (χ0v) is 17.6. The zero-order chi connectivity index (χ0) is 20.2. The van der Waals surface area contributed by atoms with E-state index in [-0.39, 0.29) is 41.6 Å². The van der Waals surface area contributed by atoms with Crippen LogP contribution in [-0.4, -0.2) is 38.1 Å². The average Bonchev–Trinajstić information content (AvgIpc) is 2.98. The molecule has 2 heterocycles. The van der Waals surface area contributed by atoms with Crippen LogP contribution >= 0.6 is 11.6 Å². The Kier molecular flexibility index (Phi) is 7.27. The number of rotatable bonds is 10. The smallest absolute Gasteiger partial charge is 0.276 e. The van der Waals surface area contributed by atoms with Crippen molar-refractivity contribution in [1.82, 2.24) is 18.1 Å². The Balaban J connectivity index is 2.86. The van der Waals surface area contributed by atoms with Crippen LogP contribution in [0.1, 0.15) is 51.8 Å². The molecular formula is C17H27ClN4O4S. The lowest BCUT2D eigenvalue weighted by molar-refractivity contribution is 0.529. The van der Waals surface area contributed by atoms with Crippen molar-refractivity contribution < 1.29 is 8.42 Å². The highest BCUT2D eigenvalue weighted by Gasteiger charge is 2.26. The molecular weight excluding hydrogens is 392 g/mol. The van der Waals surface area contributed by atoms with Gasteiger partial charge in [0.1, 0.15) is 5.82 Å². The van der Waals surface area contributed by atoms with Crippen molar-refractivity contribution in [3.63, 3.8) is 0 Å². The summed E-state index contributed by atoms with van der Waals surface area (Å²) in [5, 5.41) is 0. The Bertz CT molecular complexity index is 1020. The SMILES string of the molecule is CCCCn1c(=O)c2c(nc(C)n2S(=O)(=O)CCCCl)n(CCCC)c1=O. The molecule has 0 radical (unpaired) electrons. The molecule has 2 aromatic rings. The van der Waals surface area contributed by atoms with Gasteiger partial charge in [-0.2, -0.15) is 0 Å². The highest BCUT2D eigenvalue weighted by atomic mass is 35.5. The highest BCUT2D eigenvalue weighted by Crippen LogP contribution is 2.16. The lowest BCUT2D eigenvalue weighted by Gasteiger charge is -2.12. The van der Waals surface area contributed by atoms with Gasteiger partial charge in [-0.1, -0.05) is 26.7 Å². The summed E-state index contributed by atoms with van der Waals surface area (Å²) in [4.78, 5) is 30.2. The van der Waals surface area contributed by atoms with E-state index in [9.17, 15) is 18.0 Å². The second-order valence-electron chi connectivity index (χ2n) is 6.55. The maximum absolute atomic E-state index is 13.0. The summed E-state index contributed by atoms with van der Waals surface area (Å²) in [6.07, 6.45) is 3.32. The van der Waals surface area contributed by atoms with Crippen LogP contribution < -0.4 is 11.2 Å². The number of fused-ring (bicyclic) bond motifs is 1. The van der Waals surface area contributed by atoms with Crippen LogP contribution in [0.5, 0.6) is 0 Å². The normalized spacial score (nSPS) is 12.1. The first-order valence-electron chi connectivity index (χ1n) is 9.32. The van der Waals surface area contributed by atoms with Crippen molar-refractivity contribution in [2.45, 2.75) is 66.0 Å². The van der Waals surface area contributed by atoms with Gasteiger partial charge < -0.3 is 0 Å². The Morgan fingerprint density at radius 2 is 1.59 bits per heavy atom. The summed E-state index contributed by atoms with van der Waals surface area (Å²) in [6, 6.07) is 0. The van der Waals surface area contributed by atoms with E-state index in [0.717, 1.165) is 27.8 Å². The molecule has 2 rings (SSSR count). The van der Waals surface area contributed by atoms with E-state index in [1.165, 1.54) is 11.5 Å². The van der Waals surface area contributed by atoms with E-state index in [0.29, 0.717) is 13.0 Å². The van der Waals surface area contributed by atoms with E-state index in [1.807, 2.05) is 13.8 Å². The molecule has 27 heavy (non-hydrogen) atoms. The molecule has 0 spiro atoms. The third-order valence-corrected chi connectivity index (χ3v) is 6.50. The third kappa shape index (κ3) is 4.29. The molecule has 10 heteroatoms. The Morgan fingerprint density at radius 1 is 1.00 bits per heavy atom. The number of hydrogen-bond acceptors (Lipinski definition) is 5. The second-order valence-corrected chi connectivity index (χ2v) is 8.87. The maximum atomic E-state index is 13.0. The van der Waals surface area contributed by atoms with Crippen LogP contribution in [0.3, 0.4) is 0 Å². The van der Waals surface area contributed by atoms with Gasteiger partial charge in [0.2, 0.25) is 10.0 Å². The quantitative estimate of drug-likeness (QED) is 0.550. The summed E-state index contributed by atoms with van der Waals surface area (Å²) < 4.78 is 29.2. The van der Waals surface area contributed by atoms with Crippen LogP contribution in [-0.2, 0) is 23.1 Å². The summed E-state index contributed by atoms with van der Waals surface area (Å²) in [6.45, 7) is 6.13. The molecule has 0 aliphatic heterocycles. The van der Waals surface area contributed by atoms with Gasteiger partial charge in [0.25, 0.3) is 5.56 Å². The predicted octanol–water partition coefficient (Wildman–Crippen LogP) is 2.08. The van der Waals surface area contributed by atoms with E-state index < -0.39 is 21.3 Å². The van der Waals surface area contributed by atoms with Crippen LogP contribution in [0, 0.1) is 6.92 Å². The third-order valence-electron chi connectivity index (χ3n) is 4.43. The fourth-order valence-electron chi connectivity index (χ4n) is 3.03. The molecule has 0 atom stereocenters. The van der Waals surface area contributed by atoms with Gasteiger partial charge in [-0.15, -0.1) is 11.6 Å².